The molecule has 0 bridgehead atoms. The third kappa shape index (κ3) is 3.35. The van der Waals surface area contributed by atoms with Crippen LogP contribution in [0.25, 0.3) is 0 Å². The summed E-state index contributed by atoms with van der Waals surface area (Å²) in [6, 6.07) is 0.193. The molecule has 3 heteroatoms. The Kier molecular flexibility index (Phi) is 3.72. The van der Waals surface area contributed by atoms with Gasteiger partial charge in [0.05, 0.1) is 6.10 Å². The number of aliphatic hydroxyl groups is 1. The minimum absolute atomic E-state index is 0.0408. The number of aliphatic hydroxyl groups excluding tert-OH is 1. The number of hydrogen-bond donors (Lipinski definition) is 2. The van der Waals surface area contributed by atoms with Crippen molar-refractivity contribution in [2.75, 3.05) is 0 Å². The highest BCUT2D eigenvalue weighted by Crippen LogP contribution is 2.18. The molecule has 3 nitrogen and oxygen atoms in total. The van der Waals surface area contributed by atoms with Crippen molar-refractivity contribution in [3.8, 4) is 0 Å². The normalized spacial score (nSPS) is 28.9. The SMILES string of the molecule is CC(C)C(=O)N[C@@H]1CCC[C@H](O)C1. The van der Waals surface area contributed by atoms with Crippen LogP contribution in [0.1, 0.15) is 39.5 Å². The van der Waals surface area contributed by atoms with Gasteiger partial charge in [0.2, 0.25) is 5.91 Å². The van der Waals surface area contributed by atoms with Crippen LogP contribution in [-0.4, -0.2) is 23.2 Å². The average Bonchev–Trinajstić information content (AvgIpc) is 2.04. The van der Waals surface area contributed by atoms with Crippen LogP contribution in [0.2, 0.25) is 0 Å². The van der Waals surface area contributed by atoms with Crippen LogP contribution in [0.5, 0.6) is 0 Å². The van der Waals surface area contributed by atoms with Crippen LogP contribution < -0.4 is 5.32 Å². The van der Waals surface area contributed by atoms with E-state index in [-0.39, 0.29) is 24.0 Å². The van der Waals surface area contributed by atoms with E-state index >= 15 is 0 Å². The quantitative estimate of drug-likeness (QED) is 0.676. The van der Waals surface area contributed by atoms with Gasteiger partial charge in [-0.3, -0.25) is 4.79 Å². The molecule has 0 heterocycles. The highest BCUT2D eigenvalue weighted by atomic mass is 16.3. The van der Waals surface area contributed by atoms with Gasteiger partial charge in [-0.1, -0.05) is 13.8 Å². The van der Waals surface area contributed by atoms with E-state index in [1.807, 2.05) is 13.8 Å². The van der Waals surface area contributed by atoms with Crippen LogP contribution in [-0.2, 0) is 4.79 Å². The zero-order valence-corrected chi connectivity index (χ0v) is 8.42. The van der Waals surface area contributed by atoms with E-state index in [1.165, 1.54) is 0 Å². The molecule has 1 aliphatic rings. The molecule has 1 rings (SSSR count). The van der Waals surface area contributed by atoms with Crippen LogP contribution >= 0.6 is 0 Å². The van der Waals surface area contributed by atoms with E-state index < -0.39 is 0 Å². The molecule has 0 spiro atoms. The standard InChI is InChI=1S/C10H19NO2/c1-7(2)10(13)11-8-4-3-5-9(12)6-8/h7-9,12H,3-6H2,1-2H3,(H,11,13)/t8-,9+/m1/s1. The van der Waals surface area contributed by atoms with Crippen LogP contribution in [0, 0.1) is 5.92 Å². The maximum absolute atomic E-state index is 11.3. The van der Waals surface area contributed by atoms with Gasteiger partial charge in [0, 0.05) is 12.0 Å². The molecule has 1 saturated carbocycles. The predicted molar refractivity (Wildman–Crippen MR) is 51.2 cm³/mol. The number of carbonyl (C=O) groups excluding carboxylic acids is 1. The molecular weight excluding hydrogens is 166 g/mol. The van der Waals surface area contributed by atoms with Crippen molar-refractivity contribution in [2.24, 2.45) is 5.92 Å². The zero-order valence-electron chi connectivity index (χ0n) is 8.42. The number of nitrogens with one attached hydrogen (secondary N) is 1. The first kappa shape index (κ1) is 10.5. The lowest BCUT2D eigenvalue weighted by atomic mass is 9.92. The van der Waals surface area contributed by atoms with Crippen LogP contribution in [0.3, 0.4) is 0 Å². The Morgan fingerprint density at radius 2 is 2.15 bits per heavy atom. The molecule has 0 aromatic rings. The topological polar surface area (TPSA) is 49.3 Å². The molecule has 1 fully saturated rings. The number of rotatable bonds is 2. The molecule has 0 aliphatic heterocycles. The summed E-state index contributed by atoms with van der Waals surface area (Å²) in [7, 11) is 0. The van der Waals surface area contributed by atoms with Crippen molar-refractivity contribution >= 4 is 5.91 Å². The van der Waals surface area contributed by atoms with Gasteiger partial charge < -0.3 is 10.4 Å². The second-order valence-electron chi connectivity index (χ2n) is 4.18. The molecule has 1 amide bonds. The van der Waals surface area contributed by atoms with Crippen molar-refractivity contribution in [2.45, 2.75) is 51.7 Å². The first-order chi connectivity index (χ1) is 6.09. The average molecular weight is 185 g/mol. The molecule has 76 valence electrons. The minimum atomic E-state index is -0.216. The maximum Gasteiger partial charge on any atom is 0.222 e. The Morgan fingerprint density at radius 3 is 2.69 bits per heavy atom. The molecule has 2 atom stereocenters. The fourth-order valence-corrected chi connectivity index (χ4v) is 1.66. The molecule has 0 unspecified atom stereocenters. The van der Waals surface area contributed by atoms with Gasteiger partial charge >= 0.3 is 0 Å². The van der Waals surface area contributed by atoms with Crippen LogP contribution in [0.15, 0.2) is 0 Å². The first-order valence-electron chi connectivity index (χ1n) is 5.08. The predicted octanol–water partition coefficient (Wildman–Crippen LogP) is 1.06. The Hall–Kier alpha value is -0.570. The Bertz CT molecular complexity index is 180. The number of amides is 1. The fraction of sp³-hybridized carbons (Fsp3) is 0.900. The minimum Gasteiger partial charge on any atom is -0.393 e. The number of hydrogen-bond acceptors (Lipinski definition) is 2. The molecule has 0 radical (unpaired) electrons. The summed E-state index contributed by atoms with van der Waals surface area (Å²) >= 11 is 0. The highest BCUT2D eigenvalue weighted by Gasteiger charge is 2.22. The van der Waals surface area contributed by atoms with E-state index in [1.54, 1.807) is 0 Å². The summed E-state index contributed by atoms with van der Waals surface area (Å²) in [5.74, 6) is 0.137. The van der Waals surface area contributed by atoms with Gasteiger partial charge in [-0.2, -0.15) is 0 Å². The Balaban J connectivity index is 2.31. The molecule has 2 N–H and O–H groups in total. The van der Waals surface area contributed by atoms with Crippen molar-refractivity contribution in [3.63, 3.8) is 0 Å². The summed E-state index contributed by atoms with van der Waals surface area (Å²) < 4.78 is 0. The van der Waals surface area contributed by atoms with Gasteiger partial charge in [-0.25, -0.2) is 0 Å². The van der Waals surface area contributed by atoms with E-state index in [4.69, 9.17) is 0 Å². The van der Waals surface area contributed by atoms with E-state index in [9.17, 15) is 9.90 Å². The van der Waals surface area contributed by atoms with Gasteiger partial charge in [-0.05, 0) is 25.7 Å². The summed E-state index contributed by atoms with van der Waals surface area (Å²) in [4.78, 5) is 11.3. The van der Waals surface area contributed by atoms with Crippen molar-refractivity contribution in [3.05, 3.63) is 0 Å². The highest BCUT2D eigenvalue weighted by molar-refractivity contribution is 5.78. The third-order valence-electron chi connectivity index (χ3n) is 2.52. The lowest BCUT2D eigenvalue weighted by molar-refractivity contribution is -0.125. The fourth-order valence-electron chi connectivity index (χ4n) is 1.66. The molecule has 0 aromatic heterocycles. The Labute approximate surface area is 79.5 Å². The number of carbonyl (C=O) groups is 1. The lowest BCUT2D eigenvalue weighted by Crippen LogP contribution is -2.41. The molecule has 0 saturated heterocycles. The smallest absolute Gasteiger partial charge is 0.222 e. The van der Waals surface area contributed by atoms with Gasteiger partial charge in [0.1, 0.15) is 0 Å². The first-order valence-corrected chi connectivity index (χ1v) is 5.08. The summed E-state index contributed by atoms with van der Waals surface area (Å²) in [6.45, 7) is 3.77. The summed E-state index contributed by atoms with van der Waals surface area (Å²) in [5.41, 5.74) is 0. The van der Waals surface area contributed by atoms with E-state index in [0.717, 1.165) is 25.7 Å². The van der Waals surface area contributed by atoms with Crippen molar-refractivity contribution in [1.29, 1.82) is 0 Å². The van der Waals surface area contributed by atoms with E-state index in [2.05, 4.69) is 5.32 Å². The van der Waals surface area contributed by atoms with Crippen molar-refractivity contribution in [1.82, 2.24) is 5.32 Å². The largest absolute Gasteiger partial charge is 0.393 e. The lowest BCUT2D eigenvalue weighted by Gasteiger charge is -2.27. The van der Waals surface area contributed by atoms with Crippen molar-refractivity contribution < 1.29 is 9.90 Å². The Morgan fingerprint density at radius 1 is 1.46 bits per heavy atom. The maximum atomic E-state index is 11.3. The molecule has 1 aliphatic carbocycles. The second kappa shape index (κ2) is 4.61. The summed E-state index contributed by atoms with van der Waals surface area (Å²) in [6.07, 6.45) is 3.41. The second-order valence-corrected chi connectivity index (χ2v) is 4.18. The molecular formula is C10H19NO2. The van der Waals surface area contributed by atoms with Crippen LogP contribution in [0.4, 0.5) is 0 Å². The summed E-state index contributed by atoms with van der Waals surface area (Å²) in [5, 5.41) is 12.3. The van der Waals surface area contributed by atoms with Gasteiger partial charge in [0.25, 0.3) is 0 Å². The molecule has 0 aromatic carbocycles. The van der Waals surface area contributed by atoms with Gasteiger partial charge in [-0.15, -0.1) is 0 Å². The third-order valence-corrected chi connectivity index (χ3v) is 2.52. The molecule has 13 heavy (non-hydrogen) atoms. The monoisotopic (exact) mass is 185 g/mol. The van der Waals surface area contributed by atoms with E-state index in [0.29, 0.717) is 0 Å². The van der Waals surface area contributed by atoms with Gasteiger partial charge in [0.15, 0.2) is 0 Å². The zero-order chi connectivity index (χ0) is 9.84.